The molecule has 0 radical (unpaired) electrons. The van der Waals surface area contributed by atoms with Crippen LogP contribution in [0.1, 0.15) is 31.9 Å². The number of carbonyl (C=O) groups is 1. The second-order valence-corrected chi connectivity index (χ2v) is 10.3. The molecule has 1 heterocycles. The molecule has 1 aliphatic rings. The van der Waals surface area contributed by atoms with Gasteiger partial charge in [0.2, 0.25) is 0 Å². The molecule has 3 rings (SSSR count). The summed E-state index contributed by atoms with van der Waals surface area (Å²) in [6, 6.07) is 14.6. The van der Waals surface area contributed by atoms with Crippen LogP contribution in [0.15, 0.2) is 60.0 Å². The number of sulfone groups is 1. The smallest absolute Gasteiger partial charge is 0.265 e. The molecular weight excluding hydrogens is 386 g/mol. The van der Waals surface area contributed by atoms with Crippen LogP contribution in [-0.2, 0) is 20.0 Å². The van der Waals surface area contributed by atoms with Gasteiger partial charge in [0.25, 0.3) is 5.91 Å². The zero-order valence-electron chi connectivity index (χ0n) is 17.3. The highest BCUT2D eigenvalue weighted by Gasteiger charge is 2.31. The van der Waals surface area contributed by atoms with E-state index in [1.165, 1.54) is 15.9 Å². The van der Waals surface area contributed by atoms with Crippen molar-refractivity contribution in [2.75, 3.05) is 17.3 Å². The molecule has 0 saturated carbocycles. The molecule has 0 N–H and O–H groups in total. The number of nitrogens with zero attached hydrogens (tertiary/aromatic N) is 1. The highest BCUT2D eigenvalue weighted by atomic mass is 32.2. The van der Waals surface area contributed by atoms with Crippen LogP contribution < -0.4 is 9.64 Å². The first-order valence-electron chi connectivity index (χ1n) is 9.58. The molecule has 0 aromatic heterocycles. The Morgan fingerprint density at radius 1 is 1.07 bits per heavy atom. The quantitative estimate of drug-likeness (QED) is 0.743. The zero-order chi connectivity index (χ0) is 21.2. The summed E-state index contributed by atoms with van der Waals surface area (Å²) in [5.74, 6) is 0.192. The SMILES string of the molecule is Cc1ccc(N(C(=O)COc2ccc(C(C)(C)C)cc2)C2C=CS(=O)(=O)C2)cc1. The van der Waals surface area contributed by atoms with E-state index in [1.54, 1.807) is 6.08 Å². The van der Waals surface area contributed by atoms with Crippen molar-refractivity contribution in [1.82, 2.24) is 0 Å². The molecule has 2 aromatic carbocycles. The fourth-order valence-electron chi connectivity index (χ4n) is 3.21. The molecule has 2 aromatic rings. The summed E-state index contributed by atoms with van der Waals surface area (Å²) in [6.45, 7) is 8.19. The van der Waals surface area contributed by atoms with Crippen molar-refractivity contribution in [2.24, 2.45) is 0 Å². The topological polar surface area (TPSA) is 63.7 Å². The average Bonchev–Trinajstić information content (AvgIpc) is 3.01. The molecular formula is C23H27NO4S. The van der Waals surface area contributed by atoms with Crippen molar-refractivity contribution >= 4 is 21.4 Å². The first-order chi connectivity index (χ1) is 13.5. The molecule has 6 heteroatoms. The van der Waals surface area contributed by atoms with Gasteiger partial charge in [0.1, 0.15) is 5.75 Å². The minimum absolute atomic E-state index is 0.0386. The molecule has 0 bridgehead atoms. The van der Waals surface area contributed by atoms with Crippen molar-refractivity contribution in [1.29, 1.82) is 0 Å². The Balaban J connectivity index is 1.76. The number of anilines is 1. The maximum atomic E-state index is 13.0. The molecule has 1 atom stereocenters. The van der Waals surface area contributed by atoms with Crippen LogP contribution in [0.5, 0.6) is 5.75 Å². The highest BCUT2D eigenvalue weighted by molar-refractivity contribution is 7.94. The number of ether oxygens (including phenoxy) is 1. The van der Waals surface area contributed by atoms with E-state index in [9.17, 15) is 13.2 Å². The summed E-state index contributed by atoms with van der Waals surface area (Å²) >= 11 is 0. The Morgan fingerprint density at radius 3 is 2.21 bits per heavy atom. The van der Waals surface area contributed by atoms with Crippen LogP contribution in [0.4, 0.5) is 5.69 Å². The number of carbonyl (C=O) groups excluding carboxylic acids is 1. The lowest BCUT2D eigenvalue weighted by atomic mass is 9.87. The second-order valence-electron chi connectivity index (χ2n) is 8.39. The van der Waals surface area contributed by atoms with E-state index in [0.717, 1.165) is 5.56 Å². The predicted molar refractivity (Wildman–Crippen MR) is 116 cm³/mol. The summed E-state index contributed by atoms with van der Waals surface area (Å²) in [5, 5.41) is 1.18. The molecule has 154 valence electrons. The number of hydrogen-bond donors (Lipinski definition) is 0. The molecule has 1 unspecified atom stereocenters. The van der Waals surface area contributed by atoms with E-state index >= 15 is 0 Å². The predicted octanol–water partition coefficient (Wildman–Crippen LogP) is 4.02. The number of hydrogen-bond acceptors (Lipinski definition) is 4. The molecule has 0 fully saturated rings. The third-order valence-electron chi connectivity index (χ3n) is 4.91. The zero-order valence-corrected chi connectivity index (χ0v) is 18.1. The minimum Gasteiger partial charge on any atom is -0.484 e. The number of amides is 1. The first kappa shape index (κ1) is 21.1. The van der Waals surface area contributed by atoms with E-state index < -0.39 is 15.9 Å². The summed E-state index contributed by atoms with van der Waals surface area (Å²) in [6.07, 6.45) is 1.56. The van der Waals surface area contributed by atoms with Crippen LogP contribution in [0.25, 0.3) is 0 Å². The van der Waals surface area contributed by atoms with Gasteiger partial charge in [0.05, 0.1) is 11.8 Å². The molecule has 0 saturated heterocycles. The standard InChI is InChI=1S/C23H27NO4S/c1-17-5-9-19(10-6-17)24(20-13-14-29(26,27)16-20)22(25)15-28-21-11-7-18(8-12-21)23(2,3)4/h5-14,20H,15-16H2,1-4H3. The maximum Gasteiger partial charge on any atom is 0.265 e. The molecule has 0 spiro atoms. The first-order valence-corrected chi connectivity index (χ1v) is 11.3. The van der Waals surface area contributed by atoms with Gasteiger partial charge in [-0.1, -0.05) is 50.6 Å². The Bertz CT molecular complexity index is 1000. The van der Waals surface area contributed by atoms with Gasteiger partial charge >= 0.3 is 0 Å². The van der Waals surface area contributed by atoms with Crippen molar-refractivity contribution in [3.8, 4) is 5.75 Å². The van der Waals surface area contributed by atoms with Crippen LogP contribution in [0.2, 0.25) is 0 Å². The lowest BCUT2D eigenvalue weighted by molar-refractivity contribution is -0.120. The lowest BCUT2D eigenvalue weighted by Crippen LogP contribution is -2.43. The number of rotatable bonds is 5. The summed E-state index contributed by atoms with van der Waals surface area (Å²) in [4.78, 5) is 14.5. The molecule has 5 nitrogen and oxygen atoms in total. The fourth-order valence-corrected chi connectivity index (χ4v) is 4.48. The minimum atomic E-state index is -3.29. The highest BCUT2D eigenvalue weighted by Crippen LogP contribution is 2.26. The van der Waals surface area contributed by atoms with Gasteiger partial charge in [0.15, 0.2) is 16.4 Å². The largest absolute Gasteiger partial charge is 0.484 e. The van der Waals surface area contributed by atoms with Gasteiger partial charge in [-0.05, 0) is 48.2 Å². The third-order valence-corrected chi connectivity index (χ3v) is 6.28. The molecule has 29 heavy (non-hydrogen) atoms. The van der Waals surface area contributed by atoms with Crippen LogP contribution in [-0.4, -0.2) is 32.7 Å². The Hall–Kier alpha value is -2.60. The van der Waals surface area contributed by atoms with Gasteiger partial charge in [-0.3, -0.25) is 4.79 Å². The number of aryl methyl sites for hydroxylation is 1. The van der Waals surface area contributed by atoms with E-state index in [2.05, 4.69) is 20.8 Å². The van der Waals surface area contributed by atoms with E-state index in [4.69, 9.17) is 4.74 Å². The summed E-state index contributed by atoms with van der Waals surface area (Å²) < 4.78 is 29.5. The lowest BCUT2D eigenvalue weighted by Gasteiger charge is -2.28. The van der Waals surface area contributed by atoms with Crippen molar-refractivity contribution in [3.63, 3.8) is 0 Å². The van der Waals surface area contributed by atoms with Crippen molar-refractivity contribution in [2.45, 2.75) is 39.2 Å². The second kappa shape index (κ2) is 8.03. The van der Waals surface area contributed by atoms with E-state index in [-0.39, 0.29) is 23.7 Å². The van der Waals surface area contributed by atoms with Gasteiger partial charge < -0.3 is 9.64 Å². The van der Waals surface area contributed by atoms with Crippen LogP contribution in [0, 0.1) is 6.92 Å². The molecule has 1 amide bonds. The number of benzene rings is 2. The van der Waals surface area contributed by atoms with Gasteiger partial charge in [0, 0.05) is 11.1 Å². The Labute approximate surface area is 172 Å². The van der Waals surface area contributed by atoms with Crippen LogP contribution >= 0.6 is 0 Å². The van der Waals surface area contributed by atoms with Crippen molar-refractivity contribution in [3.05, 3.63) is 71.1 Å². The summed E-state index contributed by atoms with van der Waals surface area (Å²) in [5.41, 5.74) is 2.93. The van der Waals surface area contributed by atoms with E-state index in [0.29, 0.717) is 11.4 Å². The van der Waals surface area contributed by atoms with Gasteiger partial charge in [-0.15, -0.1) is 0 Å². The fraction of sp³-hybridized carbons (Fsp3) is 0.348. The molecule has 0 aliphatic carbocycles. The Morgan fingerprint density at radius 2 is 1.69 bits per heavy atom. The normalized spacial score (nSPS) is 17.9. The monoisotopic (exact) mass is 413 g/mol. The van der Waals surface area contributed by atoms with Gasteiger partial charge in [-0.25, -0.2) is 8.42 Å². The Kier molecular flexibility index (Phi) is 5.85. The maximum absolute atomic E-state index is 13.0. The van der Waals surface area contributed by atoms with Crippen molar-refractivity contribution < 1.29 is 17.9 Å². The van der Waals surface area contributed by atoms with Gasteiger partial charge in [-0.2, -0.15) is 0 Å². The van der Waals surface area contributed by atoms with Crippen LogP contribution in [0.3, 0.4) is 0 Å². The molecule has 1 aliphatic heterocycles. The van der Waals surface area contributed by atoms with E-state index in [1.807, 2.05) is 55.5 Å². The third kappa shape index (κ3) is 5.26. The average molecular weight is 414 g/mol. The summed E-state index contributed by atoms with van der Waals surface area (Å²) in [7, 11) is -3.29.